The van der Waals surface area contributed by atoms with E-state index in [9.17, 15) is 10.5 Å². The van der Waals surface area contributed by atoms with Gasteiger partial charge in [-0.1, -0.05) is 23.7 Å². The van der Waals surface area contributed by atoms with Crippen LogP contribution in [0.15, 0.2) is 42.6 Å². The van der Waals surface area contributed by atoms with Gasteiger partial charge >= 0.3 is 0 Å². The smallest absolute Gasteiger partial charge is 0.247 e. The Morgan fingerprint density at radius 3 is 2.53 bits per heavy atom. The molecule has 0 bridgehead atoms. The summed E-state index contributed by atoms with van der Waals surface area (Å²) >= 11 is 6.91. The monoisotopic (exact) mass is 598 g/mol. The molecule has 0 aliphatic carbocycles. The van der Waals surface area contributed by atoms with Crippen LogP contribution in [0.5, 0.6) is 5.75 Å². The summed E-state index contributed by atoms with van der Waals surface area (Å²) in [4.78, 5) is 16.2. The fourth-order valence-electron chi connectivity index (χ4n) is 5.20. The van der Waals surface area contributed by atoms with Crippen LogP contribution in [-0.4, -0.2) is 82.8 Å². The lowest BCUT2D eigenvalue weighted by atomic mass is 10.0. The number of piperazine rings is 1. The topological polar surface area (TPSA) is 122 Å². The normalized spacial score (nSPS) is 13.9. The van der Waals surface area contributed by atoms with E-state index in [0.717, 1.165) is 62.4 Å². The highest BCUT2D eigenvalue weighted by Gasteiger charge is 2.20. The number of nitriles is 2. The van der Waals surface area contributed by atoms with Crippen molar-refractivity contribution in [2.75, 3.05) is 63.6 Å². The van der Waals surface area contributed by atoms with E-state index in [4.69, 9.17) is 21.3 Å². The van der Waals surface area contributed by atoms with E-state index >= 15 is 0 Å². The maximum Gasteiger partial charge on any atom is 0.247 e. The molecule has 43 heavy (non-hydrogen) atoms. The Bertz CT molecular complexity index is 1650. The molecule has 1 aliphatic heterocycles. The Labute approximate surface area is 256 Å². The number of fused-ring (bicyclic) bond motifs is 1. The van der Waals surface area contributed by atoms with E-state index < -0.39 is 0 Å². The minimum absolute atomic E-state index is 0.241. The Kier molecular flexibility index (Phi) is 9.58. The van der Waals surface area contributed by atoms with Gasteiger partial charge in [0.2, 0.25) is 5.95 Å². The van der Waals surface area contributed by atoms with Crippen LogP contribution in [-0.2, 0) is 13.0 Å². The molecule has 0 amide bonds. The largest absolute Gasteiger partial charge is 0.497 e. The first kappa shape index (κ1) is 30.1. The molecule has 3 heterocycles. The number of nitrogens with one attached hydrogen (secondary N) is 1. The van der Waals surface area contributed by atoms with Crippen molar-refractivity contribution < 1.29 is 4.74 Å². The number of halogens is 1. The molecular weight excluding hydrogens is 564 g/mol. The lowest BCUT2D eigenvalue weighted by Crippen LogP contribution is -2.44. The number of methoxy groups -OCH3 is 1. The summed E-state index contributed by atoms with van der Waals surface area (Å²) in [7, 11) is 3.79. The van der Waals surface area contributed by atoms with E-state index in [0.29, 0.717) is 40.8 Å². The molecule has 0 atom stereocenters. The molecule has 5 rings (SSSR count). The van der Waals surface area contributed by atoms with Crippen molar-refractivity contribution in [3.05, 3.63) is 70.0 Å². The van der Waals surface area contributed by atoms with Gasteiger partial charge in [0.15, 0.2) is 17.2 Å². The molecule has 0 spiro atoms. The first-order valence-electron chi connectivity index (χ1n) is 14.4. The summed E-state index contributed by atoms with van der Waals surface area (Å²) in [6.07, 6.45) is 3.16. The zero-order chi connectivity index (χ0) is 30.3. The molecule has 11 nitrogen and oxygen atoms in total. The highest BCUT2D eigenvalue weighted by Crippen LogP contribution is 2.32. The number of aromatic nitrogens is 4. The summed E-state index contributed by atoms with van der Waals surface area (Å²) in [5, 5.41) is 27.9. The first-order valence-corrected chi connectivity index (χ1v) is 14.7. The second kappa shape index (κ2) is 13.7. The van der Waals surface area contributed by atoms with E-state index in [1.165, 1.54) is 10.7 Å². The predicted octanol–water partition coefficient (Wildman–Crippen LogP) is 4.48. The van der Waals surface area contributed by atoms with Gasteiger partial charge in [-0.25, -0.2) is 4.98 Å². The van der Waals surface area contributed by atoms with E-state index in [2.05, 4.69) is 49.3 Å². The zero-order valence-electron chi connectivity index (χ0n) is 24.7. The SMILES string of the molecule is CCN(Cc1ccc(OC)cc1)c1nc(Nc2cc(C#N)cc(CCCN3CCN(C)CC3)c2Cl)nn2c(C#N)cnc12. The Balaban J connectivity index is 1.43. The van der Waals surface area contributed by atoms with Crippen LogP contribution in [0.4, 0.5) is 17.5 Å². The lowest BCUT2D eigenvalue weighted by molar-refractivity contribution is 0.153. The van der Waals surface area contributed by atoms with Gasteiger partial charge in [-0.2, -0.15) is 20.0 Å². The molecule has 222 valence electrons. The number of ether oxygens (including phenoxy) is 1. The van der Waals surface area contributed by atoms with E-state index in [1.54, 1.807) is 13.2 Å². The summed E-state index contributed by atoms with van der Waals surface area (Å²) in [6.45, 7) is 8.47. The second-order valence-electron chi connectivity index (χ2n) is 10.6. The Hall–Kier alpha value is -4.42. The second-order valence-corrected chi connectivity index (χ2v) is 11.0. The Morgan fingerprint density at radius 2 is 1.86 bits per heavy atom. The number of likely N-dealkylation sites (N-methyl/N-ethyl adjacent to an activating group) is 1. The fourth-order valence-corrected chi connectivity index (χ4v) is 5.45. The van der Waals surface area contributed by atoms with Crippen LogP contribution in [0.1, 0.15) is 35.7 Å². The van der Waals surface area contributed by atoms with Crippen LogP contribution in [0.3, 0.4) is 0 Å². The average molecular weight is 599 g/mol. The van der Waals surface area contributed by atoms with E-state index in [-0.39, 0.29) is 11.6 Å². The van der Waals surface area contributed by atoms with Gasteiger partial charge in [0.05, 0.1) is 35.6 Å². The van der Waals surface area contributed by atoms with Gasteiger partial charge in [-0.15, -0.1) is 5.10 Å². The molecule has 12 heteroatoms. The van der Waals surface area contributed by atoms with Crippen LogP contribution in [0.2, 0.25) is 5.02 Å². The molecule has 1 N–H and O–H groups in total. The van der Waals surface area contributed by atoms with E-state index in [1.807, 2.05) is 37.3 Å². The van der Waals surface area contributed by atoms with Crippen LogP contribution in [0.25, 0.3) is 5.65 Å². The first-order chi connectivity index (χ1) is 20.9. The van der Waals surface area contributed by atoms with Crippen LogP contribution < -0.4 is 15.0 Å². The van der Waals surface area contributed by atoms with Gasteiger partial charge in [0.25, 0.3) is 0 Å². The fraction of sp³-hybridized carbons (Fsp3) is 0.387. The van der Waals surface area contributed by atoms with Gasteiger partial charge in [0.1, 0.15) is 11.8 Å². The van der Waals surface area contributed by atoms with Crippen molar-refractivity contribution in [1.29, 1.82) is 10.5 Å². The minimum Gasteiger partial charge on any atom is -0.497 e. The van der Waals surface area contributed by atoms with Crippen molar-refractivity contribution in [2.24, 2.45) is 0 Å². The third-order valence-electron chi connectivity index (χ3n) is 7.71. The minimum atomic E-state index is 0.241. The molecule has 2 aromatic heterocycles. The Morgan fingerprint density at radius 1 is 1.09 bits per heavy atom. The van der Waals surface area contributed by atoms with Gasteiger partial charge in [-0.3, -0.25) is 0 Å². The van der Waals surface area contributed by atoms with Gasteiger partial charge in [0, 0.05) is 39.3 Å². The number of anilines is 3. The molecule has 0 unspecified atom stereocenters. The summed E-state index contributed by atoms with van der Waals surface area (Å²) in [6, 6.07) is 15.8. The van der Waals surface area contributed by atoms with Crippen molar-refractivity contribution in [3.63, 3.8) is 0 Å². The number of hydrogen-bond donors (Lipinski definition) is 1. The highest BCUT2D eigenvalue weighted by molar-refractivity contribution is 6.34. The number of benzene rings is 2. The molecular formula is C31H35ClN10O. The van der Waals surface area contributed by atoms with Gasteiger partial charge in [-0.05, 0) is 68.8 Å². The molecule has 1 saturated heterocycles. The third kappa shape index (κ3) is 6.98. The van der Waals surface area contributed by atoms with Crippen LogP contribution in [0, 0.1) is 22.7 Å². The van der Waals surface area contributed by atoms with Crippen LogP contribution >= 0.6 is 11.6 Å². The highest BCUT2D eigenvalue weighted by atomic mass is 35.5. The molecule has 0 radical (unpaired) electrons. The summed E-state index contributed by atoms with van der Waals surface area (Å²) in [5.74, 6) is 1.59. The van der Waals surface area contributed by atoms with Gasteiger partial charge < -0.3 is 24.8 Å². The molecule has 2 aromatic carbocycles. The van der Waals surface area contributed by atoms with Crippen molar-refractivity contribution in [2.45, 2.75) is 26.3 Å². The summed E-state index contributed by atoms with van der Waals surface area (Å²) < 4.78 is 6.78. The van der Waals surface area contributed by atoms with Crippen molar-refractivity contribution in [3.8, 4) is 17.9 Å². The maximum atomic E-state index is 9.77. The van der Waals surface area contributed by atoms with Crippen molar-refractivity contribution in [1.82, 2.24) is 29.4 Å². The molecule has 1 fully saturated rings. The molecule has 4 aromatic rings. The predicted molar refractivity (Wildman–Crippen MR) is 167 cm³/mol. The quantitative estimate of drug-likeness (QED) is 0.264. The van der Waals surface area contributed by atoms with Crippen molar-refractivity contribution >= 4 is 34.7 Å². The standard InChI is InChI=1S/C31H35ClN10O/c1-4-41(21-22-7-9-26(43-3)10-8-22)30-29-35-20-25(19-34)42(29)38-31(37-30)36-27-17-23(18-33)16-24(28(27)32)6-5-11-40-14-12-39(2)13-15-40/h7-10,16-17,20H,4-6,11-15,21H2,1-3H3,(H,36,38). The maximum absolute atomic E-state index is 9.77. The lowest BCUT2D eigenvalue weighted by Gasteiger charge is -2.32. The number of aryl methyl sites for hydroxylation is 1. The zero-order valence-corrected chi connectivity index (χ0v) is 25.5. The molecule has 0 saturated carbocycles. The number of imidazole rings is 1. The number of nitrogens with zero attached hydrogens (tertiary/aromatic N) is 9. The number of rotatable bonds is 11. The third-order valence-corrected chi connectivity index (χ3v) is 8.16. The summed E-state index contributed by atoms with van der Waals surface area (Å²) in [5.41, 5.74) is 3.75. The average Bonchev–Trinajstić information content (AvgIpc) is 3.45. The molecule has 1 aliphatic rings. The number of hydrogen-bond acceptors (Lipinski definition) is 10.